The Morgan fingerprint density at radius 1 is 1.70 bits per heavy atom. The molecule has 0 unspecified atom stereocenters. The van der Waals surface area contributed by atoms with Crippen molar-refractivity contribution in [2.45, 2.75) is 6.92 Å². The number of hydrogen-bond acceptors (Lipinski definition) is 4. The molecule has 6 heteroatoms. The van der Waals surface area contributed by atoms with Crippen LogP contribution in [0.5, 0.6) is 0 Å². The molecular weight excluding hydrogens is 154 g/mol. The molecule has 0 heterocycles. The quantitative estimate of drug-likeness (QED) is 0.185. The van der Waals surface area contributed by atoms with Gasteiger partial charge in [0.2, 0.25) is 0 Å². The van der Waals surface area contributed by atoms with Crippen LogP contribution in [0.1, 0.15) is 6.92 Å². The van der Waals surface area contributed by atoms with E-state index in [2.05, 4.69) is 28.3 Å². The van der Waals surface area contributed by atoms with Gasteiger partial charge in [-0.2, -0.15) is 5.10 Å². The molecule has 0 aromatic carbocycles. The lowest BCUT2D eigenvalue weighted by molar-refractivity contribution is 0.864. The second-order valence-corrected chi connectivity index (χ2v) is 1.10. The Balaban J connectivity index is -0.0000000910. The molecular formula is C4H14ClN5. The third-order valence-electron chi connectivity index (χ3n) is 0.478. The van der Waals surface area contributed by atoms with E-state index < -0.39 is 0 Å². The van der Waals surface area contributed by atoms with Gasteiger partial charge in [0, 0.05) is 0 Å². The minimum Gasteiger partial charge on any atom is -0.322 e. The highest BCUT2D eigenvalue weighted by molar-refractivity contribution is 5.85. The summed E-state index contributed by atoms with van der Waals surface area (Å²) in [4.78, 5) is 0. The van der Waals surface area contributed by atoms with Crippen LogP contribution in [0.2, 0.25) is 0 Å². The first-order valence-corrected chi connectivity index (χ1v) is 2.56. The molecule has 0 fully saturated rings. The highest BCUT2D eigenvalue weighted by atomic mass is 35.5. The summed E-state index contributed by atoms with van der Waals surface area (Å²) in [5.74, 6) is 4.49. The van der Waals surface area contributed by atoms with Gasteiger partial charge in [0.15, 0.2) is 6.34 Å². The van der Waals surface area contributed by atoms with Gasteiger partial charge in [-0.05, 0) is 13.6 Å². The number of nitrogens with one attached hydrogen (secondary N) is 2. The smallest absolute Gasteiger partial charge is 0.156 e. The van der Waals surface area contributed by atoms with Crippen LogP contribution in [-0.4, -0.2) is 19.9 Å². The number of nitrogens with two attached hydrogens (primary N) is 1. The first-order valence-electron chi connectivity index (χ1n) is 2.56. The van der Waals surface area contributed by atoms with Crippen molar-refractivity contribution in [3.63, 3.8) is 0 Å². The van der Waals surface area contributed by atoms with E-state index in [0.717, 1.165) is 12.9 Å². The van der Waals surface area contributed by atoms with Crippen LogP contribution in [0.3, 0.4) is 0 Å². The fourth-order valence-corrected chi connectivity index (χ4v) is 0.0333. The third kappa shape index (κ3) is 54.3. The predicted octanol–water partition coefficient (Wildman–Crippen LogP) is 0.567. The van der Waals surface area contributed by atoms with E-state index in [0.29, 0.717) is 0 Å². The predicted molar refractivity (Wildman–Crippen MR) is 44.7 cm³/mol. The molecule has 0 radical (unpaired) electrons. The summed E-state index contributed by atoms with van der Waals surface area (Å²) in [6.07, 6.45) is 0.944. The van der Waals surface area contributed by atoms with E-state index in [4.69, 9.17) is 5.53 Å². The van der Waals surface area contributed by atoms with E-state index in [1.165, 1.54) is 0 Å². The SMILES string of the molecule is CCNC.Cl.N=NC=NN. The van der Waals surface area contributed by atoms with Gasteiger partial charge in [0.1, 0.15) is 0 Å². The molecule has 62 valence electrons. The number of rotatable bonds is 2. The first-order chi connectivity index (χ1) is 4.33. The van der Waals surface area contributed by atoms with Gasteiger partial charge in [0.05, 0.1) is 0 Å². The largest absolute Gasteiger partial charge is 0.322 e. The molecule has 10 heavy (non-hydrogen) atoms. The van der Waals surface area contributed by atoms with E-state index in [1.807, 2.05) is 7.05 Å². The van der Waals surface area contributed by atoms with Crippen molar-refractivity contribution in [3.8, 4) is 0 Å². The molecule has 0 amide bonds. The van der Waals surface area contributed by atoms with E-state index in [-0.39, 0.29) is 12.4 Å². The lowest BCUT2D eigenvalue weighted by Crippen LogP contribution is -2.01. The average molecular weight is 168 g/mol. The monoisotopic (exact) mass is 167 g/mol. The summed E-state index contributed by atoms with van der Waals surface area (Å²) in [6.45, 7) is 3.14. The normalized spacial score (nSPS) is 7.40. The van der Waals surface area contributed by atoms with Crippen LogP contribution >= 0.6 is 12.4 Å². The van der Waals surface area contributed by atoms with Crippen LogP contribution < -0.4 is 11.2 Å². The minimum atomic E-state index is 0. The van der Waals surface area contributed by atoms with Crippen molar-refractivity contribution in [2.24, 2.45) is 16.1 Å². The van der Waals surface area contributed by atoms with Crippen LogP contribution in [-0.2, 0) is 0 Å². The highest BCUT2D eigenvalue weighted by Crippen LogP contribution is 1.44. The number of hydrazone groups is 1. The van der Waals surface area contributed by atoms with Crippen molar-refractivity contribution in [3.05, 3.63) is 0 Å². The lowest BCUT2D eigenvalue weighted by atomic mass is 10.8. The molecule has 0 aliphatic rings. The second-order valence-electron chi connectivity index (χ2n) is 1.10. The summed E-state index contributed by atoms with van der Waals surface area (Å²) in [6, 6.07) is 0. The molecule has 0 saturated heterocycles. The van der Waals surface area contributed by atoms with E-state index in [1.54, 1.807) is 0 Å². The van der Waals surface area contributed by atoms with Crippen molar-refractivity contribution < 1.29 is 0 Å². The lowest BCUT2D eigenvalue weighted by Gasteiger charge is -1.76. The maximum Gasteiger partial charge on any atom is 0.156 e. The Kier molecular flexibility index (Phi) is 38.6. The van der Waals surface area contributed by atoms with Gasteiger partial charge in [-0.3, -0.25) is 0 Å². The summed E-state index contributed by atoms with van der Waals surface area (Å²) in [5.41, 5.74) is 6.00. The van der Waals surface area contributed by atoms with Gasteiger partial charge in [-0.1, -0.05) is 6.92 Å². The van der Waals surface area contributed by atoms with Gasteiger partial charge in [-0.25, -0.2) is 5.53 Å². The Morgan fingerprint density at radius 2 is 2.10 bits per heavy atom. The highest BCUT2D eigenvalue weighted by Gasteiger charge is 1.50. The fourth-order valence-electron chi connectivity index (χ4n) is 0.0333. The summed E-state index contributed by atoms with van der Waals surface area (Å²) in [7, 11) is 1.93. The molecule has 0 saturated carbocycles. The van der Waals surface area contributed by atoms with Gasteiger partial charge >= 0.3 is 0 Å². The van der Waals surface area contributed by atoms with Crippen molar-refractivity contribution in [1.82, 2.24) is 5.32 Å². The number of nitrogens with zero attached hydrogens (tertiary/aromatic N) is 2. The van der Waals surface area contributed by atoms with Crippen LogP contribution in [0.4, 0.5) is 0 Å². The zero-order chi connectivity index (χ0) is 7.54. The maximum absolute atomic E-state index is 6.00. The van der Waals surface area contributed by atoms with Gasteiger partial charge < -0.3 is 11.2 Å². The Labute approximate surface area is 67.0 Å². The average Bonchev–Trinajstić information content (AvgIpc) is 1.91. The molecule has 4 N–H and O–H groups in total. The maximum atomic E-state index is 6.00. The zero-order valence-corrected chi connectivity index (χ0v) is 6.98. The van der Waals surface area contributed by atoms with Crippen molar-refractivity contribution in [1.29, 1.82) is 5.53 Å². The Morgan fingerprint density at radius 3 is 2.10 bits per heavy atom. The molecule has 0 aliphatic carbocycles. The summed E-state index contributed by atoms with van der Waals surface area (Å²) >= 11 is 0. The summed E-state index contributed by atoms with van der Waals surface area (Å²) in [5, 5.41) is 8.49. The molecule has 0 aliphatic heterocycles. The van der Waals surface area contributed by atoms with Crippen molar-refractivity contribution in [2.75, 3.05) is 13.6 Å². The zero-order valence-electron chi connectivity index (χ0n) is 6.16. The Hall–Kier alpha value is -0.680. The molecule has 5 nitrogen and oxygen atoms in total. The van der Waals surface area contributed by atoms with Gasteiger partial charge in [0.25, 0.3) is 0 Å². The molecule has 0 aromatic heterocycles. The van der Waals surface area contributed by atoms with Crippen molar-refractivity contribution >= 4 is 18.7 Å². The fraction of sp³-hybridized carbons (Fsp3) is 0.750. The molecule has 0 spiro atoms. The summed E-state index contributed by atoms with van der Waals surface area (Å²) < 4.78 is 0. The second kappa shape index (κ2) is 23.9. The van der Waals surface area contributed by atoms with Crippen LogP contribution in [0.15, 0.2) is 10.2 Å². The number of hydrogen-bond donors (Lipinski definition) is 3. The standard InChI is InChI=1S/C3H9N.CH4N4.ClH/c1-3-4-2;2-4-1-5-3;/h4H,3H2,1-2H3;1-2H,3H2;1H. The third-order valence-corrected chi connectivity index (χ3v) is 0.478. The van der Waals surface area contributed by atoms with Gasteiger partial charge in [-0.15, -0.1) is 17.5 Å². The molecule has 0 atom stereocenters. The van der Waals surface area contributed by atoms with E-state index >= 15 is 0 Å². The Bertz CT molecular complexity index is 72.0. The molecule has 0 aromatic rings. The minimum absolute atomic E-state index is 0. The number of halogens is 1. The molecule has 0 rings (SSSR count). The van der Waals surface area contributed by atoms with Crippen LogP contribution in [0, 0.1) is 5.53 Å². The topological polar surface area (TPSA) is 86.6 Å². The van der Waals surface area contributed by atoms with Crippen LogP contribution in [0.25, 0.3) is 0 Å². The molecule has 0 bridgehead atoms. The first kappa shape index (κ1) is 16.2. The van der Waals surface area contributed by atoms with E-state index in [9.17, 15) is 0 Å².